The molecule has 0 atom stereocenters. The zero-order chi connectivity index (χ0) is 45.8. The van der Waals surface area contributed by atoms with Crippen LogP contribution in [-0.4, -0.2) is 73.9 Å². The average Bonchev–Trinajstić information content (AvgIpc) is 3.07. The van der Waals surface area contributed by atoms with E-state index in [9.17, 15) is 50.4 Å². The first kappa shape index (κ1) is 77.2. The van der Waals surface area contributed by atoms with Crippen LogP contribution in [0.25, 0.3) is 0 Å². The van der Waals surface area contributed by atoms with Crippen molar-refractivity contribution in [2.75, 3.05) is 73.9 Å². The number of halogens is 12. The second-order valence-electron chi connectivity index (χ2n) is 11.8. The van der Waals surface area contributed by atoms with Crippen LogP contribution in [0.15, 0.2) is 70.5 Å². The molecule has 0 N–H and O–H groups in total. The Kier molecular flexibility index (Phi) is 51.0. The molecule has 0 aliphatic heterocycles. The topological polar surface area (TPSA) is 0 Å². The third kappa shape index (κ3) is 107. The molecule has 22 heteroatoms. The Morgan fingerprint density at radius 3 is 0.448 bits per heavy atom. The molecule has 0 nitrogen and oxygen atoms in total. The fourth-order valence-corrected chi connectivity index (χ4v) is 10.2. The molecule has 2 aromatic rings. The van der Waals surface area contributed by atoms with E-state index in [0.717, 1.165) is 9.79 Å². The molecule has 0 unspecified atom stereocenters. The van der Waals surface area contributed by atoms with Crippen LogP contribution in [0.5, 0.6) is 0 Å². The first-order chi connectivity index (χ1) is 25.1. The molecule has 0 aromatic heterocycles. The Hall–Kier alpha value is 2.00. The Bertz CT molecular complexity index is 956. The van der Waals surface area contributed by atoms with E-state index in [2.05, 4.69) is 83.1 Å². The van der Waals surface area contributed by atoms with Crippen LogP contribution in [0.4, 0.5) is 50.4 Å². The van der Waals surface area contributed by atoms with Gasteiger partial charge in [0, 0.05) is 0 Å². The molecule has 0 saturated heterocycles. The minimum absolute atomic E-state index is 0. The van der Waals surface area contributed by atoms with Gasteiger partial charge >= 0.3 is 108 Å². The largest absolute Gasteiger partial charge is 2.00 e. The van der Waals surface area contributed by atoms with E-state index in [-0.39, 0.29) is 73.8 Å². The molecule has 360 valence electrons. The molecule has 0 amide bonds. The zero-order valence-corrected chi connectivity index (χ0v) is 48.1. The monoisotopic (exact) mass is 1370 g/mol. The summed E-state index contributed by atoms with van der Waals surface area (Å²) in [6.07, 6.45) is 17.5. The number of hydrogen-bond acceptors (Lipinski definition) is 2. The predicted molar refractivity (Wildman–Crippen MR) is 251 cm³/mol. The predicted octanol–water partition coefficient (Wildman–Crippen LogP) is 19.0. The van der Waals surface area contributed by atoms with Crippen LogP contribution >= 0.6 is 47.3 Å². The molecule has 0 bridgehead atoms. The minimum Gasteiger partial charge on any atom is -0.780 e. The van der Waals surface area contributed by atoms with Crippen LogP contribution in [-0.2, 0) is 67.4 Å². The fraction of sp³-hybridized carbons (Fsp3) is 0.667. The van der Waals surface area contributed by atoms with Gasteiger partial charge in [-0.2, -0.15) is 9.79 Å². The summed E-state index contributed by atoms with van der Waals surface area (Å²) in [5.74, 6) is 0. The van der Waals surface area contributed by atoms with E-state index in [0.29, 0.717) is 0 Å². The number of rotatable bonds is 12. The molecule has 0 fully saturated rings. The second-order valence-corrected chi connectivity index (χ2v) is 31.0. The molecule has 0 heterocycles. The quantitative estimate of drug-likeness (QED) is 0.118. The zero-order valence-electron chi connectivity index (χ0n) is 36.1. The fourth-order valence-electron chi connectivity index (χ4n) is 3.84. The van der Waals surface area contributed by atoms with Gasteiger partial charge in [-0.1, -0.05) is 60.7 Å². The van der Waals surface area contributed by atoms with Crippen LogP contribution in [0.3, 0.4) is 0 Å². The summed E-state index contributed by atoms with van der Waals surface area (Å²) in [4.78, 5) is 1.81. The molecule has 0 aliphatic rings. The third-order valence-electron chi connectivity index (χ3n) is 7.49. The minimum atomic E-state index is -10.7. The number of hydrogen-bond donors (Lipinski definition) is 0. The molecular weight excluding hydrogens is 1300 g/mol. The number of benzene rings is 2. The summed E-state index contributed by atoms with van der Waals surface area (Å²) in [5, 5.41) is 0. The molecule has 0 aliphatic carbocycles. The van der Waals surface area contributed by atoms with Crippen molar-refractivity contribution >= 4 is 72.6 Å². The first-order valence-corrected chi connectivity index (χ1v) is 32.3. The van der Waals surface area contributed by atoms with E-state index in [1.807, 2.05) is 60.7 Å². The van der Waals surface area contributed by atoms with Crippen molar-refractivity contribution in [1.82, 2.24) is 0 Å². The van der Waals surface area contributed by atoms with E-state index in [1.54, 1.807) is 0 Å². The van der Waals surface area contributed by atoms with Crippen molar-refractivity contribution in [3.05, 3.63) is 60.7 Å². The van der Waals surface area contributed by atoms with Gasteiger partial charge in [-0.25, -0.2) is 0 Å². The van der Waals surface area contributed by atoms with Crippen LogP contribution in [0.2, 0.25) is 0 Å². The summed E-state index contributed by atoms with van der Waals surface area (Å²) >= 11 is 9.62. The van der Waals surface area contributed by atoms with Crippen LogP contribution in [0, 0.1) is 0 Å². The Morgan fingerprint density at radius 2 is 0.414 bits per heavy atom. The standard InChI is InChI=1S/4C6H15P.2C6H6S.2F6P.2Pt/c4*1-4-7(5-2)6-3;2*7-6-4-2-1-3-5-6;2*1-7(2,3,4,5)6;;/h4*4-6H2,1-3H3;2*1-5,7H;;;;/q;;;;;;2*-1;2*+2/p+2. The van der Waals surface area contributed by atoms with Crippen molar-refractivity contribution in [2.45, 2.75) is 92.9 Å². The van der Waals surface area contributed by atoms with Gasteiger partial charge in [-0.3, -0.25) is 0 Å². The van der Waals surface area contributed by atoms with E-state index >= 15 is 0 Å². The summed E-state index contributed by atoms with van der Waals surface area (Å²) in [6, 6.07) is 19.2. The van der Waals surface area contributed by atoms with Gasteiger partial charge in [0.25, 0.3) is 0 Å². The van der Waals surface area contributed by atoms with Gasteiger partial charge < -0.3 is 25.3 Å². The van der Waals surface area contributed by atoms with Gasteiger partial charge in [-0.05, 0) is 115 Å². The molecular formula is C36H74F12P6Pt2S2+4. The summed E-state index contributed by atoms with van der Waals surface area (Å²) < 4.78 is 118. The Balaban J connectivity index is -0.0000000817. The molecule has 2 aromatic carbocycles. The molecule has 58 heavy (non-hydrogen) atoms. The van der Waals surface area contributed by atoms with Crippen molar-refractivity contribution in [3.63, 3.8) is 0 Å². The van der Waals surface area contributed by atoms with Crippen molar-refractivity contribution in [3.8, 4) is 0 Å². The molecule has 0 radical (unpaired) electrons. The summed E-state index contributed by atoms with van der Waals surface area (Å²) in [7, 11) is -20.8. The molecule has 0 spiro atoms. The van der Waals surface area contributed by atoms with Crippen molar-refractivity contribution in [1.29, 1.82) is 0 Å². The maximum atomic E-state index is 9.87. The van der Waals surface area contributed by atoms with Crippen molar-refractivity contribution in [2.24, 2.45) is 0 Å². The maximum Gasteiger partial charge on any atom is 2.00 e. The van der Waals surface area contributed by atoms with E-state index in [1.165, 1.54) is 73.9 Å². The van der Waals surface area contributed by atoms with Crippen LogP contribution in [0.1, 0.15) is 83.1 Å². The Morgan fingerprint density at radius 1 is 0.310 bits per heavy atom. The summed E-state index contributed by atoms with van der Waals surface area (Å²) in [5.41, 5.74) is 0. The van der Waals surface area contributed by atoms with E-state index in [4.69, 9.17) is 25.3 Å². The van der Waals surface area contributed by atoms with Gasteiger partial charge in [0.15, 0.2) is 0 Å². The SMILES string of the molecule is CC[PH+](CC)CC.CC[PH+](CC)CC.CC[PH+](CC)CC.CC[PH+](CC)CC.F[P-](F)(F)(F)(F)F.F[P-](F)(F)(F)(F)F.[Pt+2].[Pt+2].[S-]c1ccccc1.[S-]c1ccccc1. The smallest absolute Gasteiger partial charge is 0.780 e. The Labute approximate surface area is 389 Å². The van der Waals surface area contributed by atoms with Crippen molar-refractivity contribution < 1.29 is 92.5 Å². The van der Waals surface area contributed by atoms with Gasteiger partial charge in [0.1, 0.15) is 0 Å². The second kappa shape index (κ2) is 38.3. The van der Waals surface area contributed by atoms with Gasteiger partial charge in [0.2, 0.25) is 0 Å². The average molecular weight is 1380 g/mol. The first-order valence-electron chi connectivity index (χ1n) is 19.0. The maximum absolute atomic E-state index is 10.7. The normalized spacial score (nSPS) is 12.6. The third-order valence-corrected chi connectivity index (χ3v) is 20.0. The summed E-state index contributed by atoms with van der Waals surface area (Å²) in [6.45, 7) is 27.7. The van der Waals surface area contributed by atoms with Crippen LogP contribution < -0.4 is 0 Å². The van der Waals surface area contributed by atoms with Gasteiger partial charge in [-0.15, -0.1) is 0 Å². The molecule has 2 rings (SSSR count). The van der Waals surface area contributed by atoms with E-state index < -0.39 is 15.6 Å². The molecule has 0 saturated carbocycles. The van der Waals surface area contributed by atoms with Gasteiger partial charge in [0.05, 0.1) is 73.9 Å².